The summed E-state index contributed by atoms with van der Waals surface area (Å²) in [4.78, 5) is 0. The summed E-state index contributed by atoms with van der Waals surface area (Å²) in [5, 5.41) is 10.1. The summed E-state index contributed by atoms with van der Waals surface area (Å²) >= 11 is 0. The zero-order valence-corrected chi connectivity index (χ0v) is 23.5. The van der Waals surface area contributed by atoms with Crippen molar-refractivity contribution in [3.8, 4) is 27.9 Å². The summed E-state index contributed by atoms with van der Waals surface area (Å²) in [7, 11) is 0. The minimum atomic E-state index is 1.17. The third-order valence-corrected chi connectivity index (χ3v) is 8.93. The highest BCUT2D eigenvalue weighted by Gasteiger charge is 2.21. The summed E-state index contributed by atoms with van der Waals surface area (Å²) in [6.45, 7) is 0. The summed E-state index contributed by atoms with van der Waals surface area (Å²) in [5.74, 6) is 0. The van der Waals surface area contributed by atoms with Crippen LogP contribution in [0.2, 0.25) is 0 Å². The molecule has 0 saturated heterocycles. The van der Waals surface area contributed by atoms with E-state index in [0.717, 1.165) is 0 Å². The standard InChI is InChI=1S/C42H27N/c1-3-14-29(15-4-1)37-26-39-41-35-21-11-9-19-33(35)38(30-16-5-2-6-17-30)27-40(41)43(42(39)36-22-12-10-20-34(36)37)32-24-23-28-13-7-8-18-31(28)25-32/h1-27H. The maximum atomic E-state index is 2.51. The van der Waals surface area contributed by atoms with Gasteiger partial charge in [0.25, 0.3) is 0 Å². The van der Waals surface area contributed by atoms with Crippen molar-refractivity contribution in [2.45, 2.75) is 0 Å². The van der Waals surface area contributed by atoms with E-state index in [2.05, 4.69) is 168 Å². The maximum Gasteiger partial charge on any atom is 0.0620 e. The number of fused-ring (bicyclic) bond motifs is 8. The second kappa shape index (κ2) is 9.44. The Morgan fingerprint density at radius 2 is 0.884 bits per heavy atom. The van der Waals surface area contributed by atoms with Gasteiger partial charge in [0.15, 0.2) is 0 Å². The molecule has 0 amide bonds. The number of rotatable bonds is 3. The van der Waals surface area contributed by atoms with Crippen LogP contribution in [0.3, 0.4) is 0 Å². The molecule has 200 valence electrons. The van der Waals surface area contributed by atoms with Crippen molar-refractivity contribution >= 4 is 54.1 Å². The van der Waals surface area contributed by atoms with Gasteiger partial charge in [0.2, 0.25) is 0 Å². The average Bonchev–Trinajstić information content (AvgIpc) is 3.42. The number of aromatic nitrogens is 1. The highest BCUT2D eigenvalue weighted by atomic mass is 15.0. The third-order valence-electron chi connectivity index (χ3n) is 8.93. The molecular formula is C42H27N. The molecular weight excluding hydrogens is 518 g/mol. The van der Waals surface area contributed by atoms with E-state index in [0.29, 0.717) is 0 Å². The van der Waals surface area contributed by atoms with Crippen LogP contribution in [0.4, 0.5) is 0 Å². The molecule has 0 aliphatic rings. The van der Waals surface area contributed by atoms with Crippen LogP contribution in [0.25, 0.3) is 82.1 Å². The molecule has 1 aromatic heterocycles. The summed E-state index contributed by atoms with van der Waals surface area (Å²) in [6, 6.07) is 59.8. The van der Waals surface area contributed by atoms with Crippen molar-refractivity contribution in [3.63, 3.8) is 0 Å². The van der Waals surface area contributed by atoms with E-state index in [1.165, 1.54) is 82.1 Å². The fraction of sp³-hybridized carbons (Fsp3) is 0. The van der Waals surface area contributed by atoms with Crippen molar-refractivity contribution in [2.75, 3.05) is 0 Å². The predicted octanol–water partition coefficient (Wildman–Crippen LogP) is 11.6. The minimum Gasteiger partial charge on any atom is -0.309 e. The smallest absolute Gasteiger partial charge is 0.0620 e. The van der Waals surface area contributed by atoms with Crippen molar-refractivity contribution < 1.29 is 0 Å². The number of hydrogen-bond donors (Lipinski definition) is 0. The second-order valence-electron chi connectivity index (χ2n) is 11.3. The Morgan fingerprint density at radius 1 is 0.349 bits per heavy atom. The molecule has 0 N–H and O–H groups in total. The van der Waals surface area contributed by atoms with Crippen molar-refractivity contribution in [2.24, 2.45) is 0 Å². The Labute approximate surface area is 249 Å². The molecule has 0 atom stereocenters. The predicted molar refractivity (Wildman–Crippen MR) is 184 cm³/mol. The van der Waals surface area contributed by atoms with Crippen LogP contribution in [0.15, 0.2) is 164 Å². The average molecular weight is 546 g/mol. The quantitative estimate of drug-likeness (QED) is 0.208. The first-order valence-corrected chi connectivity index (χ1v) is 14.9. The van der Waals surface area contributed by atoms with Gasteiger partial charge < -0.3 is 4.57 Å². The van der Waals surface area contributed by atoms with Gasteiger partial charge in [-0.3, -0.25) is 0 Å². The summed E-state index contributed by atoms with van der Waals surface area (Å²) in [5.41, 5.74) is 8.61. The van der Waals surface area contributed by atoms with Crippen molar-refractivity contribution in [1.29, 1.82) is 0 Å². The topological polar surface area (TPSA) is 4.93 Å². The Morgan fingerprint density at radius 3 is 1.58 bits per heavy atom. The van der Waals surface area contributed by atoms with Gasteiger partial charge in [-0.05, 0) is 73.5 Å². The van der Waals surface area contributed by atoms with Gasteiger partial charge in [0.05, 0.1) is 11.0 Å². The van der Waals surface area contributed by atoms with Gasteiger partial charge in [-0.25, -0.2) is 0 Å². The largest absolute Gasteiger partial charge is 0.309 e. The lowest BCUT2D eigenvalue weighted by Crippen LogP contribution is -1.96. The normalized spacial score (nSPS) is 11.7. The molecule has 0 spiro atoms. The Kier molecular flexibility index (Phi) is 5.27. The molecule has 0 fully saturated rings. The van der Waals surface area contributed by atoms with E-state index in [9.17, 15) is 0 Å². The van der Waals surface area contributed by atoms with Gasteiger partial charge in [0.1, 0.15) is 0 Å². The molecule has 0 unspecified atom stereocenters. The minimum absolute atomic E-state index is 1.17. The van der Waals surface area contributed by atoms with Gasteiger partial charge in [-0.1, -0.05) is 140 Å². The van der Waals surface area contributed by atoms with E-state index in [4.69, 9.17) is 0 Å². The maximum absolute atomic E-state index is 2.51. The Hall–Kier alpha value is -5.66. The van der Waals surface area contributed by atoms with Crippen molar-refractivity contribution in [1.82, 2.24) is 4.57 Å². The molecule has 0 saturated carbocycles. The molecule has 0 aliphatic carbocycles. The molecule has 0 bridgehead atoms. The SMILES string of the molecule is c1ccc(-c2cc3c(c4ccccc24)c2cc(-c4ccccc4)c4ccccc4c2n3-c2ccc3ccccc3c2)cc1. The Bertz CT molecular complexity index is 2480. The fourth-order valence-electron chi connectivity index (χ4n) is 7.03. The molecule has 43 heavy (non-hydrogen) atoms. The highest BCUT2D eigenvalue weighted by Crippen LogP contribution is 2.45. The van der Waals surface area contributed by atoms with Crippen LogP contribution in [-0.2, 0) is 0 Å². The van der Waals surface area contributed by atoms with Gasteiger partial charge >= 0.3 is 0 Å². The van der Waals surface area contributed by atoms with E-state index in [1.54, 1.807) is 0 Å². The Balaban J connectivity index is 1.54. The molecule has 1 heteroatoms. The van der Waals surface area contributed by atoms with Crippen LogP contribution < -0.4 is 0 Å². The number of benzene rings is 8. The molecule has 1 nitrogen and oxygen atoms in total. The number of hydrogen-bond acceptors (Lipinski definition) is 0. The lowest BCUT2D eigenvalue weighted by atomic mass is 9.92. The van der Waals surface area contributed by atoms with Crippen LogP contribution in [-0.4, -0.2) is 4.57 Å². The monoisotopic (exact) mass is 545 g/mol. The molecule has 0 aliphatic heterocycles. The lowest BCUT2D eigenvalue weighted by molar-refractivity contribution is 1.19. The fourth-order valence-corrected chi connectivity index (χ4v) is 7.03. The van der Waals surface area contributed by atoms with E-state index in [1.807, 2.05) is 0 Å². The number of nitrogens with zero attached hydrogens (tertiary/aromatic N) is 1. The van der Waals surface area contributed by atoms with Crippen LogP contribution in [0.5, 0.6) is 0 Å². The summed E-state index contributed by atoms with van der Waals surface area (Å²) < 4.78 is 2.51. The van der Waals surface area contributed by atoms with E-state index in [-0.39, 0.29) is 0 Å². The van der Waals surface area contributed by atoms with Gasteiger partial charge in [-0.2, -0.15) is 0 Å². The van der Waals surface area contributed by atoms with Crippen LogP contribution in [0, 0.1) is 0 Å². The third kappa shape index (κ3) is 3.65. The van der Waals surface area contributed by atoms with Crippen LogP contribution in [0.1, 0.15) is 0 Å². The van der Waals surface area contributed by atoms with Crippen LogP contribution >= 0.6 is 0 Å². The zero-order chi connectivity index (χ0) is 28.3. The summed E-state index contributed by atoms with van der Waals surface area (Å²) in [6.07, 6.45) is 0. The first-order chi connectivity index (χ1) is 21.3. The van der Waals surface area contributed by atoms with Gasteiger partial charge in [-0.15, -0.1) is 0 Å². The molecule has 1 heterocycles. The first kappa shape index (κ1) is 24.0. The first-order valence-electron chi connectivity index (χ1n) is 14.9. The highest BCUT2D eigenvalue weighted by molar-refractivity contribution is 6.29. The molecule has 9 aromatic rings. The molecule has 0 radical (unpaired) electrons. The lowest BCUT2D eigenvalue weighted by Gasteiger charge is -2.14. The zero-order valence-electron chi connectivity index (χ0n) is 23.5. The van der Waals surface area contributed by atoms with Crippen molar-refractivity contribution in [3.05, 3.63) is 164 Å². The van der Waals surface area contributed by atoms with Gasteiger partial charge in [0, 0.05) is 21.8 Å². The second-order valence-corrected chi connectivity index (χ2v) is 11.3. The van der Waals surface area contributed by atoms with E-state index >= 15 is 0 Å². The molecule has 8 aromatic carbocycles. The van der Waals surface area contributed by atoms with E-state index < -0.39 is 0 Å². The molecule has 9 rings (SSSR count).